The third-order valence-corrected chi connectivity index (χ3v) is 5.69. The van der Waals surface area contributed by atoms with Gasteiger partial charge >= 0.3 is 0 Å². The normalized spacial score (nSPS) is 15.6. The van der Waals surface area contributed by atoms with Crippen LogP contribution in [-0.4, -0.2) is 17.4 Å². The molecule has 0 saturated heterocycles. The maximum absolute atomic E-state index is 12.5. The molecule has 1 aromatic carbocycles. The van der Waals surface area contributed by atoms with Crippen molar-refractivity contribution in [3.8, 4) is 0 Å². The Labute approximate surface area is 152 Å². The SMILES string of the molecule is CC1(C)Cc2c(sc(NC(=O)c3ccccc3Br)c2C(N)=O)CO1. The molecule has 3 N–H and O–H groups in total. The maximum atomic E-state index is 12.5. The average molecular weight is 409 g/mol. The zero-order valence-corrected chi connectivity index (χ0v) is 15.7. The van der Waals surface area contributed by atoms with Crippen molar-refractivity contribution >= 4 is 44.1 Å². The summed E-state index contributed by atoms with van der Waals surface area (Å²) in [4.78, 5) is 25.4. The van der Waals surface area contributed by atoms with Crippen molar-refractivity contribution < 1.29 is 14.3 Å². The smallest absolute Gasteiger partial charge is 0.257 e. The van der Waals surface area contributed by atoms with E-state index in [1.54, 1.807) is 18.2 Å². The number of rotatable bonds is 3. The van der Waals surface area contributed by atoms with Gasteiger partial charge in [0.05, 0.1) is 23.3 Å². The van der Waals surface area contributed by atoms with E-state index >= 15 is 0 Å². The zero-order valence-electron chi connectivity index (χ0n) is 13.3. The minimum atomic E-state index is -0.535. The van der Waals surface area contributed by atoms with Crippen LogP contribution >= 0.6 is 27.3 Å². The predicted molar refractivity (Wildman–Crippen MR) is 97.5 cm³/mol. The highest BCUT2D eigenvalue weighted by atomic mass is 79.9. The number of ether oxygens (including phenoxy) is 1. The van der Waals surface area contributed by atoms with Crippen LogP contribution in [0.2, 0.25) is 0 Å². The lowest BCUT2D eigenvalue weighted by atomic mass is 9.93. The molecule has 0 saturated carbocycles. The van der Waals surface area contributed by atoms with Crippen molar-refractivity contribution in [2.24, 2.45) is 5.73 Å². The molecule has 1 aliphatic heterocycles. The van der Waals surface area contributed by atoms with Gasteiger partial charge in [-0.25, -0.2) is 0 Å². The molecule has 0 aliphatic carbocycles. The fourth-order valence-electron chi connectivity index (χ4n) is 2.72. The highest BCUT2D eigenvalue weighted by Gasteiger charge is 2.33. The second kappa shape index (κ2) is 6.31. The Kier molecular flexibility index (Phi) is 4.50. The largest absolute Gasteiger partial charge is 0.370 e. The van der Waals surface area contributed by atoms with Crippen LogP contribution in [0, 0.1) is 0 Å². The first-order valence-corrected chi connectivity index (χ1v) is 9.03. The Bertz CT molecular complexity index is 829. The Morgan fingerprint density at radius 1 is 1.33 bits per heavy atom. The van der Waals surface area contributed by atoms with E-state index in [1.165, 1.54) is 11.3 Å². The highest BCUT2D eigenvalue weighted by Crippen LogP contribution is 2.40. The lowest BCUT2D eigenvalue weighted by Crippen LogP contribution is -2.32. The molecule has 1 aliphatic rings. The van der Waals surface area contributed by atoms with Gasteiger partial charge in [0.2, 0.25) is 0 Å². The van der Waals surface area contributed by atoms with E-state index in [0.29, 0.717) is 33.6 Å². The van der Waals surface area contributed by atoms with E-state index in [4.69, 9.17) is 10.5 Å². The summed E-state index contributed by atoms with van der Waals surface area (Å²) in [5.41, 5.74) is 7.00. The second-order valence-corrected chi connectivity index (χ2v) is 8.19. The Morgan fingerprint density at radius 2 is 2.04 bits per heavy atom. The summed E-state index contributed by atoms with van der Waals surface area (Å²) in [6.45, 7) is 4.35. The van der Waals surface area contributed by atoms with E-state index in [-0.39, 0.29) is 11.5 Å². The molecular formula is C17H17BrN2O3S. The lowest BCUT2D eigenvalue weighted by Gasteiger charge is -2.30. The van der Waals surface area contributed by atoms with E-state index in [0.717, 1.165) is 10.4 Å². The highest BCUT2D eigenvalue weighted by molar-refractivity contribution is 9.10. The van der Waals surface area contributed by atoms with E-state index < -0.39 is 5.91 Å². The fourth-order valence-corrected chi connectivity index (χ4v) is 4.31. The van der Waals surface area contributed by atoms with E-state index in [9.17, 15) is 9.59 Å². The number of anilines is 1. The number of hydrogen-bond donors (Lipinski definition) is 2. The van der Waals surface area contributed by atoms with Crippen LogP contribution < -0.4 is 11.1 Å². The van der Waals surface area contributed by atoms with Gasteiger partial charge < -0.3 is 15.8 Å². The number of nitrogens with two attached hydrogens (primary N) is 1. The number of fused-ring (bicyclic) bond motifs is 1. The molecule has 0 bridgehead atoms. The molecule has 1 aromatic heterocycles. The summed E-state index contributed by atoms with van der Waals surface area (Å²) in [6.07, 6.45) is 0.585. The molecule has 3 rings (SSSR count). The molecular weight excluding hydrogens is 392 g/mol. The Balaban J connectivity index is 1.97. The van der Waals surface area contributed by atoms with Crippen molar-refractivity contribution in [3.05, 3.63) is 50.3 Å². The van der Waals surface area contributed by atoms with Gasteiger partial charge in [-0.1, -0.05) is 12.1 Å². The van der Waals surface area contributed by atoms with Crippen LogP contribution in [0.1, 0.15) is 45.0 Å². The van der Waals surface area contributed by atoms with Crippen molar-refractivity contribution in [2.75, 3.05) is 5.32 Å². The van der Waals surface area contributed by atoms with Crippen LogP contribution in [0.25, 0.3) is 0 Å². The number of carbonyl (C=O) groups excluding carboxylic acids is 2. The van der Waals surface area contributed by atoms with Gasteiger partial charge in [-0.05, 0) is 47.5 Å². The van der Waals surface area contributed by atoms with Gasteiger partial charge in [0.1, 0.15) is 5.00 Å². The molecule has 2 heterocycles. The Hall–Kier alpha value is -1.70. The van der Waals surface area contributed by atoms with Crippen molar-refractivity contribution in [3.63, 3.8) is 0 Å². The average Bonchev–Trinajstić information content (AvgIpc) is 2.83. The molecule has 126 valence electrons. The molecule has 0 fully saturated rings. The van der Waals surface area contributed by atoms with Crippen molar-refractivity contribution in [1.29, 1.82) is 0 Å². The first-order valence-electron chi connectivity index (χ1n) is 7.42. The van der Waals surface area contributed by atoms with Gasteiger partial charge in [-0.15, -0.1) is 11.3 Å². The minimum Gasteiger partial charge on any atom is -0.370 e. The number of amides is 2. The molecule has 24 heavy (non-hydrogen) atoms. The maximum Gasteiger partial charge on any atom is 0.257 e. The topological polar surface area (TPSA) is 81.4 Å². The fraction of sp³-hybridized carbons (Fsp3) is 0.294. The number of carbonyl (C=O) groups is 2. The van der Waals surface area contributed by atoms with Gasteiger partial charge in [-0.3, -0.25) is 9.59 Å². The first kappa shape index (κ1) is 17.1. The molecule has 0 unspecified atom stereocenters. The van der Waals surface area contributed by atoms with Crippen LogP contribution in [-0.2, 0) is 17.8 Å². The Morgan fingerprint density at radius 3 is 2.71 bits per heavy atom. The minimum absolute atomic E-state index is 0.288. The molecule has 7 heteroatoms. The summed E-state index contributed by atoms with van der Waals surface area (Å²) in [5, 5.41) is 3.31. The molecule has 2 aromatic rings. The van der Waals surface area contributed by atoms with Crippen molar-refractivity contribution in [1.82, 2.24) is 0 Å². The monoisotopic (exact) mass is 408 g/mol. The molecule has 0 radical (unpaired) electrons. The zero-order chi connectivity index (χ0) is 17.5. The number of nitrogens with one attached hydrogen (secondary N) is 1. The van der Waals surface area contributed by atoms with E-state index in [2.05, 4.69) is 21.2 Å². The molecule has 0 spiro atoms. The number of thiophene rings is 1. The molecule has 0 atom stereocenters. The van der Waals surface area contributed by atoms with Crippen molar-refractivity contribution in [2.45, 2.75) is 32.5 Å². The second-order valence-electron chi connectivity index (χ2n) is 6.23. The first-order chi connectivity index (χ1) is 11.3. The molecule has 2 amide bonds. The van der Waals surface area contributed by atoms with Gasteiger partial charge in [0.15, 0.2) is 0 Å². The third kappa shape index (κ3) is 3.24. The van der Waals surface area contributed by atoms with Gasteiger partial charge in [-0.2, -0.15) is 0 Å². The standard InChI is InChI=1S/C17H17BrN2O3S/c1-17(2)7-10-12(8-23-17)24-16(13(10)14(19)21)20-15(22)9-5-3-4-6-11(9)18/h3-6H,7-8H2,1-2H3,(H2,19,21)(H,20,22). The van der Waals surface area contributed by atoms with Crippen LogP contribution in [0.5, 0.6) is 0 Å². The summed E-state index contributed by atoms with van der Waals surface area (Å²) < 4.78 is 6.48. The quantitative estimate of drug-likeness (QED) is 0.811. The van der Waals surface area contributed by atoms with Gasteiger partial charge in [0.25, 0.3) is 11.8 Å². The molecule has 5 nitrogen and oxygen atoms in total. The van der Waals surface area contributed by atoms with E-state index in [1.807, 2.05) is 19.9 Å². The summed E-state index contributed by atoms with van der Waals surface area (Å²) in [7, 11) is 0. The lowest BCUT2D eigenvalue weighted by molar-refractivity contribution is -0.0383. The predicted octanol–water partition coefficient (Wildman–Crippen LogP) is 3.71. The number of primary amides is 1. The van der Waals surface area contributed by atoms with Crippen LogP contribution in [0.4, 0.5) is 5.00 Å². The summed E-state index contributed by atoms with van der Waals surface area (Å²) in [5.74, 6) is -0.823. The third-order valence-electron chi connectivity index (χ3n) is 3.88. The summed E-state index contributed by atoms with van der Waals surface area (Å²) >= 11 is 4.71. The number of halogens is 1. The van der Waals surface area contributed by atoms with Crippen LogP contribution in [0.3, 0.4) is 0 Å². The number of benzene rings is 1. The van der Waals surface area contributed by atoms with Crippen LogP contribution in [0.15, 0.2) is 28.7 Å². The number of hydrogen-bond acceptors (Lipinski definition) is 4. The van der Waals surface area contributed by atoms with Gasteiger partial charge in [0, 0.05) is 15.8 Å². The summed E-state index contributed by atoms with van der Waals surface area (Å²) in [6, 6.07) is 7.12.